The van der Waals surface area contributed by atoms with Crippen molar-refractivity contribution in [2.45, 2.75) is 32.7 Å². The summed E-state index contributed by atoms with van der Waals surface area (Å²) in [5.41, 5.74) is 2.58. The second-order valence-electron chi connectivity index (χ2n) is 5.94. The first-order valence-corrected chi connectivity index (χ1v) is 9.37. The quantitative estimate of drug-likeness (QED) is 0.908. The van der Waals surface area contributed by atoms with Crippen molar-refractivity contribution < 1.29 is 5.11 Å². The Morgan fingerprint density at radius 2 is 2.14 bits per heavy atom. The first kappa shape index (κ1) is 15.2. The average molecular weight is 322 g/mol. The maximum absolute atomic E-state index is 9.60. The Morgan fingerprint density at radius 1 is 1.33 bits per heavy atom. The van der Waals surface area contributed by atoms with Crippen molar-refractivity contribution in [1.29, 1.82) is 0 Å². The molecule has 1 aliphatic heterocycles. The minimum absolute atomic E-state index is 0.167. The fourth-order valence-electron chi connectivity index (χ4n) is 2.94. The van der Waals surface area contributed by atoms with Crippen molar-refractivity contribution in [1.82, 2.24) is 9.88 Å². The van der Waals surface area contributed by atoms with Crippen LogP contribution in [-0.2, 0) is 6.54 Å². The van der Waals surface area contributed by atoms with Crippen LogP contribution in [0.3, 0.4) is 0 Å². The normalized spacial score (nSPS) is 19.0. The lowest BCUT2D eigenvalue weighted by atomic mass is 9.77. The highest BCUT2D eigenvalue weighted by atomic mass is 32.1. The number of likely N-dealkylation sites (tertiary alicyclic amines) is 1. The number of hydrogen-bond donors (Lipinski definition) is 1. The number of thiophene rings is 1. The van der Waals surface area contributed by atoms with Crippen LogP contribution in [0.1, 0.15) is 31.9 Å². The van der Waals surface area contributed by atoms with Gasteiger partial charge in [-0.15, -0.1) is 11.3 Å². The molecule has 0 atom stereocenters. The standard InChI is InChI=1S/C16H22N2OS2/c1-2-16(12-19)4-6-18(7-5-16)9-14-11-21-15(17-14)13-3-8-20-10-13/h3,8,10-11,19H,2,4-7,9,12H2,1H3. The molecule has 0 amide bonds. The molecule has 3 heterocycles. The Bertz CT molecular complexity index is 551. The lowest BCUT2D eigenvalue weighted by molar-refractivity contribution is 0.0379. The third-order valence-electron chi connectivity index (χ3n) is 4.71. The molecule has 2 aromatic heterocycles. The first-order chi connectivity index (χ1) is 10.2. The number of aliphatic hydroxyl groups excluding tert-OH is 1. The molecule has 0 aliphatic carbocycles. The number of aromatic nitrogens is 1. The zero-order valence-electron chi connectivity index (χ0n) is 12.4. The largest absolute Gasteiger partial charge is 0.396 e. The summed E-state index contributed by atoms with van der Waals surface area (Å²) < 4.78 is 0. The summed E-state index contributed by atoms with van der Waals surface area (Å²) in [6.45, 7) is 5.60. The smallest absolute Gasteiger partial charge is 0.124 e. The van der Waals surface area contributed by atoms with E-state index in [9.17, 15) is 5.11 Å². The molecule has 0 aromatic carbocycles. The number of rotatable bonds is 5. The topological polar surface area (TPSA) is 36.4 Å². The van der Waals surface area contributed by atoms with E-state index < -0.39 is 0 Å². The van der Waals surface area contributed by atoms with Crippen LogP contribution < -0.4 is 0 Å². The summed E-state index contributed by atoms with van der Waals surface area (Å²) in [6.07, 6.45) is 3.28. The summed E-state index contributed by atoms with van der Waals surface area (Å²) >= 11 is 3.45. The number of thiazole rings is 1. The molecule has 1 fully saturated rings. The molecule has 3 nitrogen and oxygen atoms in total. The van der Waals surface area contributed by atoms with Crippen LogP contribution >= 0.6 is 22.7 Å². The fourth-order valence-corrected chi connectivity index (χ4v) is 4.46. The molecule has 0 unspecified atom stereocenters. The predicted molar refractivity (Wildman–Crippen MR) is 89.7 cm³/mol. The average Bonchev–Trinajstić information content (AvgIpc) is 3.19. The Labute approximate surface area is 134 Å². The van der Waals surface area contributed by atoms with Crippen LogP contribution in [0.2, 0.25) is 0 Å². The van der Waals surface area contributed by atoms with E-state index in [0.29, 0.717) is 6.61 Å². The Kier molecular flexibility index (Phi) is 4.74. The van der Waals surface area contributed by atoms with Gasteiger partial charge in [0.05, 0.1) is 5.69 Å². The second kappa shape index (κ2) is 6.57. The van der Waals surface area contributed by atoms with E-state index in [4.69, 9.17) is 4.98 Å². The van der Waals surface area contributed by atoms with Crippen LogP contribution in [0.15, 0.2) is 22.2 Å². The van der Waals surface area contributed by atoms with E-state index in [1.54, 1.807) is 22.7 Å². The van der Waals surface area contributed by atoms with Crippen LogP contribution in [0.5, 0.6) is 0 Å². The van der Waals surface area contributed by atoms with Gasteiger partial charge in [0, 0.05) is 29.5 Å². The van der Waals surface area contributed by atoms with Crippen molar-refractivity contribution in [3.63, 3.8) is 0 Å². The van der Waals surface area contributed by atoms with Crippen molar-refractivity contribution in [2.24, 2.45) is 5.41 Å². The van der Waals surface area contributed by atoms with Crippen molar-refractivity contribution in [3.8, 4) is 10.6 Å². The summed E-state index contributed by atoms with van der Waals surface area (Å²) in [5, 5.41) is 17.2. The minimum Gasteiger partial charge on any atom is -0.396 e. The SMILES string of the molecule is CCC1(CO)CCN(Cc2csc(-c3ccsc3)n2)CC1. The molecular weight excluding hydrogens is 300 g/mol. The van der Waals surface area contributed by atoms with Gasteiger partial charge >= 0.3 is 0 Å². The molecule has 1 N–H and O–H groups in total. The highest BCUT2D eigenvalue weighted by molar-refractivity contribution is 7.14. The van der Waals surface area contributed by atoms with E-state index >= 15 is 0 Å². The van der Waals surface area contributed by atoms with Crippen LogP contribution in [0.25, 0.3) is 10.6 Å². The number of piperidine rings is 1. The molecule has 0 radical (unpaired) electrons. The molecule has 0 bridgehead atoms. The molecule has 0 saturated carbocycles. The Balaban J connectivity index is 1.59. The monoisotopic (exact) mass is 322 g/mol. The van der Waals surface area contributed by atoms with Crippen LogP contribution in [0, 0.1) is 5.41 Å². The lowest BCUT2D eigenvalue weighted by Crippen LogP contribution is -2.41. The molecule has 3 rings (SSSR count). The van der Waals surface area contributed by atoms with E-state index in [1.807, 2.05) is 0 Å². The second-order valence-corrected chi connectivity index (χ2v) is 7.58. The van der Waals surface area contributed by atoms with Gasteiger partial charge in [0.25, 0.3) is 0 Å². The van der Waals surface area contributed by atoms with Gasteiger partial charge in [-0.3, -0.25) is 4.90 Å². The van der Waals surface area contributed by atoms with Gasteiger partial charge in [0.1, 0.15) is 5.01 Å². The van der Waals surface area contributed by atoms with Gasteiger partial charge in [-0.05, 0) is 49.2 Å². The molecule has 114 valence electrons. The first-order valence-electron chi connectivity index (χ1n) is 7.55. The molecular formula is C16H22N2OS2. The molecule has 2 aromatic rings. The number of aliphatic hydroxyl groups is 1. The summed E-state index contributed by atoms with van der Waals surface area (Å²) in [4.78, 5) is 7.23. The predicted octanol–water partition coefficient (Wildman–Crippen LogP) is 3.86. The maximum Gasteiger partial charge on any atom is 0.124 e. The van der Waals surface area contributed by atoms with Gasteiger partial charge in [0.2, 0.25) is 0 Å². The fraction of sp³-hybridized carbons (Fsp3) is 0.562. The minimum atomic E-state index is 0.167. The molecule has 1 aliphatic rings. The van der Waals surface area contributed by atoms with Gasteiger partial charge in [-0.2, -0.15) is 11.3 Å². The zero-order chi connectivity index (χ0) is 14.7. The summed E-state index contributed by atoms with van der Waals surface area (Å²) in [7, 11) is 0. The van der Waals surface area contributed by atoms with E-state index in [0.717, 1.165) is 43.9 Å². The number of hydrogen-bond acceptors (Lipinski definition) is 5. The van der Waals surface area contributed by atoms with Gasteiger partial charge in [-0.1, -0.05) is 6.92 Å². The summed E-state index contributed by atoms with van der Waals surface area (Å²) in [5.74, 6) is 0. The Hall–Kier alpha value is -0.750. The van der Waals surface area contributed by atoms with Crippen molar-refractivity contribution >= 4 is 22.7 Å². The van der Waals surface area contributed by atoms with E-state index in [-0.39, 0.29) is 5.41 Å². The van der Waals surface area contributed by atoms with Gasteiger partial charge in [-0.25, -0.2) is 4.98 Å². The Morgan fingerprint density at radius 3 is 2.76 bits per heavy atom. The van der Waals surface area contributed by atoms with Crippen LogP contribution in [-0.4, -0.2) is 34.7 Å². The third-order valence-corrected chi connectivity index (χ3v) is 6.33. The highest BCUT2D eigenvalue weighted by Gasteiger charge is 2.32. The third kappa shape index (κ3) is 3.37. The molecule has 21 heavy (non-hydrogen) atoms. The summed E-state index contributed by atoms with van der Waals surface area (Å²) in [6, 6.07) is 2.13. The van der Waals surface area contributed by atoms with Crippen LogP contribution in [0.4, 0.5) is 0 Å². The number of nitrogens with zero attached hydrogens (tertiary/aromatic N) is 2. The lowest BCUT2D eigenvalue weighted by Gasteiger charge is -2.40. The maximum atomic E-state index is 9.60. The molecule has 0 spiro atoms. The van der Waals surface area contributed by atoms with Gasteiger partial charge < -0.3 is 5.11 Å². The van der Waals surface area contributed by atoms with E-state index in [2.05, 4.69) is 34.0 Å². The molecule has 5 heteroatoms. The molecule has 1 saturated heterocycles. The van der Waals surface area contributed by atoms with E-state index in [1.165, 1.54) is 11.3 Å². The van der Waals surface area contributed by atoms with Crippen molar-refractivity contribution in [2.75, 3.05) is 19.7 Å². The highest BCUT2D eigenvalue weighted by Crippen LogP contribution is 2.35. The van der Waals surface area contributed by atoms with Gasteiger partial charge in [0.15, 0.2) is 0 Å². The zero-order valence-corrected chi connectivity index (χ0v) is 14.1. The van der Waals surface area contributed by atoms with Crippen molar-refractivity contribution in [3.05, 3.63) is 27.9 Å².